The van der Waals surface area contributed by atoms with Crippen molar-refractivity contribution in [3.05, 3.63) is 29.3 Å². The van der Waals surface area contributed by atoms with E-state index < -0.39 is 0 Å². The lowest BCUT2D eigenvalue weighted by Crippen LogP contribution is -2.36. The minimum atomic E-state index is -0.0782. The van der Waals surface area contributed by atoms with E-state index >= 15 is 0 Å². The molecule has 1 aromatic carbocycles. The molecule has 3 rings (SSSR count). The van der Waals surface area contributed by atoms with Gasteiger partial charge in [-0.15, -0.1) is 0 Å². The molecule has 1 aromatic rings. The first-order chi connectivity index (χ1) is 9.22. The fraction of sp³-hybridized carbons (Fsp3) is 0.625. The summed E-state index contributed by atoms with van der Waals surface area (Å²) >= 11 is 0. The van der Waals surface area contributed by atoms with Gasteiger partial charge in [0.15, 0.2) is 0 Å². The molecule has 1 heterocycles. The smallest absolute Gasteiger partial charge is 0.122 e. The topological polar surface area (TPSA) is 41.5 Å². The van der Waals surface area contributed by atoms with E-state index in [9.17, 15) is 5.11 Å². The number of fused-ring (bicyclic) bond motifs is 1. The monoisotopic (exact) mass is 261 g/mol. The molecule has 1 fully saturated rings. The normalized spacial score (nSPS) is 27.7. The molecular weight excluding hydrogens is 238 g/mol. The Kier molecular flexibility index (Phi) is 3.76. The lowest BCUT2D eigenvalue weighted by atomic mass is 9.92. The second kappa shape index (κ2) is 5.51. The number of hydrogen-bond donors (Lipinski definition) is 2. The molecule has 0 spiro atoms. The summed E-state index contributed by atoms with van der Waals surface area (Å²) in [6, 6.07) is 7.45. The van der Waals surface area contributed by atoms with Crippen LogP contribution in [0, 0.1) is 0 Å². The van der Waals surface area contributed by atoms with Gasteiger partial charge in [-0.05, 0) is 49.8 Å². The van der Waals surface area contributed by atoms with Crippen LogP contribution in [0.25, 0.3) is 0 Å². The van der Waals surface area contributed by atoms with Crippen LogP contribution < -0.4 is 10.1 Å². The van der Waals surface area contributed by atoms with Crippen LogP contribution >= 0.6 is 0 Å². The van der Waals surface area contributed by atoms with Crippen molar-refractivity contribution in [3.8, 4) is 5.75 Å². The van der Waals surface area contributed by atoms with Gasteiger partial charge in [-0.1, -0.05) is 12.1 Å². The van der Waals surface area contributed by atoms with Gasteiger partial charge in [0.2, 0.25) is 0 Å². The molecule has 0 bridgehead atoms. The maximum atomic E-state index is 9.54. The Bertz CT molecular complexity index is 438. The van der Waals surface area contributed by atoms with Crippen LogP contribution in [-0.4, -0.2) is 23.9 Å². The summed E-state index contributed by atoms with van der Waals surface area (Å²) in [6.07, 6.45) is 4.99. The van der Waals surface area contributed by atoms with E-state index in [4.69, 9.17) is 4.74 Å². The van der Waals surface area contributed by atoms with Gasteiger partial charge >= 0.3 is 0 Å². The second-order valence-electron chi connectivity index (χ2n) is 5.86. The predicted octanol–water partition coefficient (Wildman–Crippen LogP) is 2.58. The van der Waals surface area contributed by atoms with Crippen LogP contribution in [0.5, 0.6) is 5.75 Å². The van der Waals surface area contributed by atoms with E-state index in [0.29, 0.717) is 12.1 Å². The Morgan fingerprint density at radius 3 is 2.84 bits per heavy atom. The average molecular weight is 261 g/mol. The van der Waals surface area contributed by atoms with Crippen molar-refractivity contribution in [2.24, 2.45) is 0 Å². The number of ether oxygens (including phenoxy) is 1. The molecule has 0 radical (unpaired) electrons. The summed E-state index contributed by atoms with van der Waals surface area (Å²) in [5, 5.41) is 13.2. The van der Waals surface area contributed by atoms with Crippen LogP contribution in [-0.2, 0) is 6.42 Å². The number of nitrogens with one attached hydrogen (secondary N) is 1. The molecule has 3 nitrogen and oxygen atoms in total. The van der Waals surface area contributed by atoms with Crippen LogP contribution in [0.2, 0.25) is 0 Å². The van der Waals surface area contributed by atoms with Gasteiger partial charge in [-0.3, -0.25) is 0 Å². The Hall–Kier alpha value is -1.06. The molecule has 1 atom stereocenters. The lowest BCUT2D eigenvalue weighted by molar-refractivity contribution is 0.114. The van der Waals surface area contributed by atoms with E-state index in [1.165, 1.54) is 11.1 Å². The molecule has 0 amide bonds. The summed E-state index contributed by atoms with van der Waals surface area (Å²) < 4.78 is 5.55. The number of hydrogen-bond acceptors (Lipinski definition) is 3. The number of rotatable bonds is 3. The van der Waals surface area contributed by atoms with Gasteiger partial charge in [0.1, 0.15) is 5.75 Å². The second-order valence-corrected chi connectivity index (χ2v) is 5.86. The summed E-state index contributed by atoms with van der Waals surface area (Å²) in [5.41, 5.74) is 2.68. The van der Waals surface area contributed by atoms with E-state index in [-0.39, 0.29) is 6.10 Å². The number of benzene rings is 1. The van der Waals surface area contributed by atoms with Crippen molar-refractivity contribution in [3.63, 3.8) is 0 Å². The zero-order valence-corrected chi connectivity index (χ0v) is 11.6. The lowest BCUT2D eigenvalue weighted by Gasteiger charge is -2.29. The predicted molar refractivity (Wildman–Crippen MR) is 75.5 cm³/mol. The molecule has 104 valence electrons. The Labute approximate surface area is 115 Å². The SMILES string of the molecule is CC(NC1CCC(O)CC1)c1ccc2c(c1)CCO2. The molecule has 1 aliphatic heterocycles. The zero-order chi connectivity index (χ0) is 13.2. The first-order valence-corrected chi connectivity index (χ1v) is 7.42. The third kappa shape index (κ3) is 2.93. The minimum Gasteiger partial charge on any atom is -0.493 e. The number of aliphatic hydroxyl groups is 1. The highest BCUT2D eigenvalue weighted by Crippen LogP contribution is 2.29. The molecule has 2 N–H and O–H groups in total. The van der Waals surface area contributed by atoms with Crippen molar-refractivity contribution in [2.75, 3.05) is 6.61 Å². The quantitative estimate of drug-likeness (QED) is 0.878. The van der Waals surface area contributed by atoms with Gasteiger partial charge in [-0.2, -0.15) is 0 Å². The van der Waals surface area contributed by atoms with Crippen molar-refractivity contribution in [1.29, 1.82) is 0 Å². The average Bonchev–Trinajstić information content (AvgIpc) is 2.88. The van der Waals surface area contributed by atoms with Crippen molar-refractivity contribution in [2.45, 2.75) is 57.2 Å². The van der Waals surface area contributed by atoms with Crippen molar-refractivity contribution in [1.82, 2.24) is 5.32 Å². The maximum Gasteiger partial charge on any atom is 0.122 e. The van der Waals surface area contributed by atoms with Gasteiger partial charge in [0.25, 0.3) is 0 Å². The van der Waals surface area contributed by atoms with Crippen LogP contribution in [0.3, 0.4) is 0 Å². The molecule has 1 saturated carbocycles. The minimum absolute atomic E-state index is 0.0782. The summed E-state index contributed by atoms with van der Waals surface area (Å²) in [4.78, 5) is 0. The number of aliphatic hydroxyl groups excluding tert-OH is 1. The van der Waals surface area contributed by atoms with Crippen molar-refractivity contribution >= 4 is 0 Å². The van der Waals surface area contributed by atoms with Crippen LogP contribution in [0.1, 0.15) is 49.8 Å². The molecular formula is C16H23NO2. The molecule has 1 unspecified atom stereocenters. The van der Waals surface area contributed by atoms with Gasteiger partial charge < -0.3 is 15.2 Å². The van der Waals surface area contributed by atoms with E-state index in [1.54, 1.807) is 0 Å². The summed E-state index contributed by atoms with van der Waals surface area (Å²) in [6.45, 7) is 3.05. The standard InChI is InChI=1S/C16H23NO2/c1-11(17-14-3-5-15(18)6-4-14)12-2-7-16-13(10-12)8-9-19-16/h2,7,10-11,14-15,17-18H,3-6,8-9H2,1H3. The molecule has 1 aliphatic carbocycles. The largest absolute Gasteiger partial charge is 0.493 e. The van der Waals surface area contributed by atoms with Gasteiger partial charge in [0, 0.05) is 18.5 Å². The highest BCUT2D eigenvalue weighted by Gasteiger charge is 2.21. The summed E-state index contributed by atoms with van der Waals surface area (Å²) in [7, 11) is 0. The Morgan fingerprint density at radius 2 is 2.05 bits per heavy atom. The molecule has 0 saturated heterocycles. The molecule has 2 aliphatic rings. The van der Waals surface area contributed by atoms with E-state index in [1.807, 2.05) is 0 Å². The first kappa shape index (κ1) is 12.9. The van der Waals surface area contributed by atoms with E-state index in [0.717, 1.165) is 44.5 Å². The fourth-order valence-electron chi connectivity index (χ4n) is 3.17. The third-order valence-electron chi connectivity index (χ3n) is 4.40. The molecule has 19 heavy (non-hydrogen) atoms. The summed E-state index contributed by atoms with van der Waals surface area (Å²) in [5.74, 6) is 1.05. The Balaban J connectivity index is 1.62. The maximum absolute atomic E-state index is 9.54. The first-order valence-electron chi connectivity index (χ1n) is 7.42. The van der Waals surface area contributed by atoms with Gasteiger partial charge in [0.05, 0.1) is 12.7 Å². The molecule has 3 heteroatoms. The zero-order valence-electron chi connectivity index (χ0n) is 11.6. The van der Waals surface area contributed by atoms with Gasteiger partial charge in [-0.25, -0.2) is 0 Å². The van der Waals surface area contributed by atoms with Crippen LogP contribution in [0.4, 0.5) is 0 Å². The highest BCUT2D eigenvalue weighted by atomic mass is 16.5. The molecule has 0 aromatic heterocycles. The highest BCUT2D eigenvalue weighted by molar-refractivity contribution is 5.40. The van der Waals surface area contributed by atoms with Crippen molar-refractivity contribution < 1.29 is 9.84 Å². The third-order valence-corrected chi connectivity index (χ3v) is 4.40. The van der Waals surface area contributed by atoms with Crippen LogP contribution in [0.15, 0.2) is 18.2 Å². The van der Waals surface area contributed by atoms with E-state index in [2.05, 4.69) is 30.4 Å². The fourth-order valence-corrected chi connectivity index (χ4v) is 3.17. The Morgan fingerprint density at radius 1 is 1.26 bits per heavy atom.